The lowest BCUT2D eigenvalue weighted by Crippen LogP contribution is -1.89. The van der Waals surface area contributed by atoms with Gasteiger partial charge >= 0.3 is 0 Å². The van der Waals surface area contributed by atoms with Crippen molar-refractivity contribution in [2.24, 2.45) is 4.99 Å². The Balaban J connectivity index is 2.67. The lowest BCUT2D eigenvalue weighted by Gasteiger charge is -2.05. The van der Waals surface area contributed by atoms with Gasteiger partial charge in [0, 0.05) is 11.8 Å². The maximum absolute atomic E-state index is 13.6. The van der Waals surface area contributed by atoms with Crippen LogP contribution < -0.4 is 0 Å². The molecule has 0 aliphatic carbocycles. The molecule has 0 spiro atoms. The Morgan fingerprint density at radius 2 is 2.12 bits per heavy atom. The molecule has 4 heteroatoms. The van der Waals surface area contributed by atoms with Crippen molar-refractivity contribution in [3.05, 3.63) is 47.9 Å². The van der Waals surface area contributed by atoms with E-state index in [9.17, 15) is 9.18 Å². The third-order valence-corrected chi connectivity index (χ3v) is 2.30. The predicted octanol–water partition coefficient (Wildman–Crippen LogP) is 3.16. The fourth-order valence-electron chi connectivity index (χ4n) is 1.55. The number of pyridine rings is 1. The topological polar surface area (TPSA) is 42.3 Å². The predicted molar refractivity (Wildman–Crippen MR) is 62.1 cm³/mol. The average molecular weight is 228 g/mol. The van der Waals surface area contributed by atoms with E-state index in [0.29, 0.717) is 16.9 Å². The molecule has 1 aromatic heterocycles. The van der Waals surface area contributed by atoms with Crippen molar-refractivity contribution in [2.45, 2.75) is 6.92 Å². The van der Waals surface area contributed by atoms with Gasteiger partial charge in [0.2, 0.25) is 6.08 Å². The summed E-state index contributed by atoms with van der Waals surface area (Å²) in [5.41, 5.74) is 1.84. The molecule has 1 aromatic carbocycles. The number of halogens is 1. The Hall–Kier alpha value is -2.32. The van der Waals surface area contributed by atoms with Crippen LogP contribution in [-0.2, 0) is 4.79 Å². The zero-order valence-corrected chi connectivity index (χ0v) is 9.14. The van der Waals surface area contributed by atoms with Crippen molar-refractivity contribution in [3.63, 3.8) is 0 Å². The number of hydrogen-bond donors (Lipinski definition) is 0. The molecule has 2 rings (SSSR count). The quantitative estimate of drug-likeness (QED) is 0.585. The van der Waals surface area contributed by atoms with Crippen LogP contribution in [0.1, 0.15) is 5.56 Å². The Kier molecular flexibility index (Phi) is 3.08. The summed E-state index contributed by atoms with van der Waals surface area (Å²) in [6.45, 7) is 1.82. The van der Waals surface area contributed by atoms with E-state index in [1.165, 1.54) is 12.1 Å². The lowest BCUT2D eigenvalue weighted by molar-refractivity contribution is 0.565. The van der Waals surface area contributed by atoms with Crippen LogP contribution in [0.4, 0.5) is 10.1 Å². The molecule has 3 nitrogen and oxygen atoms in total. The minimum Gasteiger partial charge on any atom is -0.254 e. The molecule has 17 heavy (non-hydrogen) atoms. The first-order valence-corrected chi connectivity index (χ1v) is 5.02. The molecule has 0 aliphatic rings. The first-order chi connectivity index (χ1) is 8.22. The average Bonchev–Trinajstić information content (AvgIpc) is 2.31. The minimum absolute atomic E-state index is 0.321. The second-order valence-electron chi connectivity index (χ2n) is 3.56. The van der Waals surface area contributed by atoms with Gasteiger partial charge < -0.3 is 0 Å². The summed E-state index contributed by atoms with van der Waals surface area (Å²) in [6.07, 6.45) is 3.06. The Bertz CT molecular complexity index is 604. The van der Waals surface area contributed by atoms with E-state index in [2.05, 4.69) is 9.98 Å². The van der Waals surface area contributed by atoms with Crippen LogP contribution in [0.2, 0.25) is 0 Å². The first kappa shape index (κ1) is 11.2. The van der Waals surface area contributed by atoms with Gasteiger partial charge in [-0.2, -0.15) is 4.99 Å². The van der Waals surface area contributed by atoms with Crippen LogP contribution in [0.5, 0.6) is 0 Å². The van der Waals surface area contributed by atoms with E-state index in [1.54, 1.807) is 30.5 Å². The molecule has 2 aromatic rings. The van der Waals surface area contributed by atoms with Crippen LogP contribution in [-0.4, -0.2) is 11.1 Å². The summed E-state index contributed by atoms with van der Waals surface area (Å²) < 4.78 is 13.6. The maximum atomic E-state index is 13.6. The molecule has 0 atom stereocenters. The largest absolute Gasteiger partial charge is 0.254 e. The highest BCUT2D eigenvalue weighted by molar-refractivity contribution is 5.74. The van der Waals surface area contributed by atoms with Crippen molar-refractivity contribution in [1.82, 2.24) is 4.98 Å². The Morgan fingerprint density at radius 1 is 1.35 bits per heavy atom. The zero-order valence-electron chi connectivity index (χ0n) is 9.14. The normalized spacial score (nSPS) is 9.76. The number of nitrogens with zero attached hydrogens (tertiary/aromatic N) is 2. The van der Waals surface area contributed by atoms with E-state index < -0.39 is 5.82 Å². The number of benzene rings is 1. The molecule has 0 saturated carbocycles. The van der Waals surface area contributed by atoms with Crippen LogP contribution in [0.25, 0.3) is 11.3 Å². The zero-order chi connectivity index (χ0) is 12.3. The van der Waals surface area contributed by atoms with Gasteiger partial charge in [0.25, 0.3) is 0 Å². The highest BCUT2D eigenvalue weighted by atomic mass is 19.1. The Morgan fingerprint density at radius 3 is 2.82 bits per heavy atom. The summed E-state index contributed by atoms with van der Waals surface area (Å²) in [6, 6.07) is 7.89. The molecular weight excluding hydrogens is 219 g/mol. The minimum atomic E-state index is -0.397. The van der Waals surface area contributed by atoms with Gasteiger partial charge in [0.15, 0.2) is 0 Å². The van der Waals surface area contributed by atoms with Gasteiger partial charge in [-0.3, -0.25) is 4.98 Å². The van der Waals surface area contributed by atoms with Gasteiger partial charge in [-0.05, 0) is 30.7 Å². The van der Waals surface area contributed by atoms with E-state index in [4.69, 9.17) is 0 Å². The molecule has 0 fully saturated rings. The highest BCUT2D eigenvalue weighted by Gasteiger charge is 2.10. The molecule has 1 heterocycles. The van der Waals surface area contributed by atoms with Crippen LogP contribution in [0.3, 0.4) is 0 Å². The molecule has 0 bridgehead atoms. The molecule has 84 valence electrons. The van der Waals surface area contributed by atoms with Gasteiger partial charge in [-0.15, -0.1) is 0 Å². The van der Waals surface area contributed by atoms with E-state index in [0.717, 1.165) is 5.56 Å². The number of carbonyl (C=O) groups excluding carboxylic acids is 1. The third-order valence-electron chi connectivity index (χ3n) is 2.30. The molecular formula is C13H9FN2O. The molecule has 0 unspecified atom stereocenters. The summed E-state index contributed by atoms with van der Waals surface area (Å²) in [4.78, 5) is 18.0. The van der Waals surface area contributed by atoms with Crippen molar-refractivity contribution in [2.75, 3.05) is 0 Å². The third kappa shape index (κ3) is 2.27. The fraction of sp³-hybridized carbons (Fsp3) is 0.0769. The summed E-state index contributed by atoms with van der Waals surface area (Å²) in [5.74, 6) is -0.397. The number of aliphatic imine (C=N–C) groups is 1. The van der Waals surface area contributed by atoms with Crippen molar-refractivity contribution in [1.29, 1.82) is 0 Å². The smallest absolute Gasteiger partial charge is 0.240 e. The van der Waals surface area contributed by atoms with Crippen molar-refractivity contribution < 1.29 is 9.18 Å². The number of aryl methyl sites for hydroxylation is 1. The molecule has 0 N–H and O–H groups in total. The number of hydrogen-bond acceptors (Lipinski definition) is 3. The summed E-state index contributed by atoms with van der Waals surface area (Å²) in [5, 5.41) is 0. The molecule has 0 radical (unpaired) electrons. The molecule has 0 amide bonds. The van der Waals surface area contributed by atoms with Crippen molar-refractivity contribution in [3.8, 4) is 11.3 Å². The Labute approximate surface area is 97.7 Å². The van der Waals surface area contributed by atoms with Crippen molar-refractivity contribution >= 4 is 11.8 Å². The van der Waals surface area contributed by atoms with Gasteiger partial charge in [0.05, 0.1) is 5.69 Å². The molecule has 0 saturated heterocycles. The SMILES string of the molecule is Cc1cnc(-c2ccccc2F)c(N=C=O)c1. The number of isocyanates is 1. The fourth-order valence-corrected chi connectivity index (χ4v) is 1.55. The first-order valence-electron chi connectivity index (χ1n) is 5.02. The van der Waals surface area contributed by atoms with Gasteiger partial charge in [0.1, 0.15) is 11.5 Å². The van der Waals surface area contributed by atoms with E-state index in [1.807, 2.05) is 6.92 Å². The maximum Gasteiger partial charge on any atom is 0.240 e. The number of aromatic nitrogens is 1. The van der Waals surface area contributed by atoms with Crippen LogP contribution in [0, 0.1) is 12.7 Å². The standard InChI is InChI=1S/C13H9FN2O/c1-9-6-12(16-8-17)13(15-7-9)10-4-2-3-5-11(10)14/h2-7H,1H3. The number of rotatable bonds is 2. The van der Waals surface area contributed by atoms with E-state index >= 15 is 0 Å². The summed E-state index contributed by atoms with van der Waals surface area (Å²) >= 11 is 0. The summed E-state index contributed by atoms with van der Waals surface area (Å²) in [7, 11) is 0. The lowest BCUT2D eigenvalue weighted by atomic mass is 10.1. The van der Waals surface area contributed by atoms with Gasteiger partial charge in [-0.1, -0.05) is 12.1 Å². The highest BCUT2D eigenvalue weighted by Crippen LogP contribution is 2.30. The second-order valence-corrected chi connectivity index (χ2v) is 3.56. The monoisotopic (exact) mass is 228 g/mol. The van der Waals surface area contributed by atoms with Crippen LogP contribution in [0.15, 0.2) is 41.5 Å². The van der Waals surface area contributed by atoms with E-state index in [-0.39, 0.29) is 0 Å². The molecule has 0 aliphatic heterocycles. The van der Waals surface area contributed by atoms with Gasteiger partial charge in [-0.25, -0.2) is 9.18 Å². The second kappa shape index (κ2) is 4.68. The van der Waals surface area contributed by atoms with Crippen LogP contribution >= 0.6 is 0 Å².